The van der Waals surface area contributed by atoms with E-state index in [1.54, 1.807) is 19.9 Å². The molecule has 3 aromatic rings. The Balaban J connectivity index is 1.09. The smallest absolute Gasteiger partial charge is 0.450 e. The summed E-state index contributed by atoms with van der Waals surface area (Å²) in [4.78, 5) is 27.9. The summed E-state index contributed by atoms with van der Waals surface area (Å²) in [5.74, 6) is -1.26. The van der Waals surface area contributed by atoms with E-state index in [0.29, 0.717) is 12.1 Å². The van der Waals surface area contributed by atoms with Crippen molar-refractivity contribution in [1.82, 2.24) is 14.6 Å². The topological polar surface area (TPSA) is 210 Å². The quantitative estimate of drug-likeness (QED) is 0.0329. The molecule has 332 valence electrons. The third-order valence-corrected chi connectivity index (χ3v) is 12.4. The summed E-state index contributed by atoms with van der Waals surface area (Å²) in [5, 5.41) is 26.4. The molecule has 15 nitrogen and oxygen atoms in total. The van der Waals surface area contributed by atoms with Crippen molar-refractivity contribution >= 4 is 25.1 Å². The molecule has 7 atom stereocenters. The number of phosphoric acid groups is 1. The number of rotatable bonds is 30. The Bertz CT molecular complexity index is 1860. The number of phosphoric ester groups is 1. The number of aromatic nitrogens is 3. The van der Waals surface area contributed by atoms with Crippen LogP contribution < -0.4 is 5.73 Å². The number of nitriles is 1. The Morgan fingerprint density at radius 3 is 2.17 bits per heavy atom. The number of carbonyl (C=O) groups excluding carboxylic acids is 1. The molecule has 0 radical (unpaired) electrons. The predicted molar refractivity (Wildman–Crippen MR) is 225 cm³/mol. The number of aliphatic hydroxyl groups is 1. The third kappa shape index (κ3) is 12.3. The van der Waals surface area contributed by atoms with Crippen LogP contribution in [0.4, 0.5) is 5.82 Å². The second-order valence-electron chi connectivity index (χ2n) is 16.5. The number of aliphatic hydroxyl groups excluding tert-OH is 1. The largest absolute Gasteiger partial charge is 0.472 e. The zero-order chi connectivity index (χ0) is 43.0. The minimum absolute atomic E-state index is 0.0916. The van der Waals surface area contributed by atoms with Gasteiger partial charge >= 0.3 is 13.8 Å². The summed E-state index contributed by atoms with van der Waals surface area (Å²) >= 11 is 0. The van der Waals surface area contributed by atoms with Gasteiger partial charge in [-0.25, -0.2) is 14.1 Å². The lowest BCUT2D eigenvalue weighted by Gasteiger charge is -2.31. The van der Waals surface area contributed by atoms with Crippen LogP contribution in [0, 0.1) is 17.2 Å². The fourth-order valence-corrected chi connectivity index (χ4v) is 8.78. The number of fused-ring (bicyclic) bond motifs is 2. The van der Waals surface area contributed by atoms with Gasteiger partial charge in [-0.05, 0) is 24.1 Å². The molecule has 0 amide bonds. The Labute approximate surface area is 354 Å². The van der Waals surface area contributed by atoms with Crippen molar-refractivity contribution in [2.24, 2.45) is 5.92 Å². The molecule has 2 aromatic heterocycles. The molecule has 1 aromatic carbocycles. The van der Waals surface area contributed by atoms with E-state index in [9.17, 15) is 24.6 Å². The SMILES string of the molecule is CCCCCCCCCCCCCCCCCCOC[C@H](COP(=O)(O)OC1[C@H]2O[C@@](C#N)(c3ccc4c(N)ncnn34)[C@H](O)[C@@]12OC(=O)C(C)C)OCc1ccccc1. The lowest BCUT2D eigenvalue weighted by atomic mass is 9.90. The molecule has 5 rings (SSSR count). The van der Waals surface area contributed by atoms with Crippen molar-refractivity contribution in [2.45, 2.75) is 166 Å². The number of hydrogen-bond acceptors (Lipinski definition) is 13. The van der Waals surface area contributed by atoms with Crippen molar-refractivity contribution in [1.29, 1.82) is 5.26 Å². The van der Waals surface area contributed by atoms with Crippen molar-refractivity contribution in [3.05, 3.63) is 60.0 Å². The Kier molecular flexibility index (Phi) is 18.3. The van der Waals surface area contributed by atoms with Gasteiger partial charge in [0.1, 0.15) is 42.3 Å². The number of nitrogens with two attached hydrogens (primary N) is 1. The van der Waals surface area contributed by atoms with E-state index in [4.69, 9.17) is 33.7 Å². The number of ether oxygens (including phenoxy) is 4. The van der Waals surface area contributed by atoms with Crippen LogP contribution in [0.3, 0.4) is 0 Å². The third-order valence-electron chi connectivity index (χ3n) is 11.4. The Hall–Kier alpha value is -3.45. The van der Waals surface area contributed by atoms with E-state index in [1.165, 1.54) is 100 Å². The summed E-state index contributed by atoms with van der Waals surface area (Å²) in [6, 6.07) is 14.5. The van der Waals surface area contributed by atoms with Gasteiger partial charge in [-0.1, -0.05) is 147 Å². The van der Waals surface area contributed by atoms with Gasteiger partial charge in [0.15, 0.2) is 11.4 Å². The van der Waals surface area contributed by atoms with Crippen LogP contribution in [0.1, 0.15) is 135 Å². The summed E-state index contributed by atoms with van der Waals surface area (Å²) in [6.07, 6.45) is 16.3. The molecule has 0 bridgehead atoms. The van der Waals surface area contributed by atoms with Crippen LogP contribution in [0.5, 0.6) is 0 Å². The van der Waals surface area contributed by atoms with Crippen LogP contribution in [0.15, 0.2) is 48.8 Å². The average molecular weight is 856 g/mol. The van der Waals surface area contributed by atoms with Gasteiger partial charge in [0.2, 0.25) is 5.60 Å². The highest BCUT2D eigenvalue weighted by atomic mass is 31.2. The highest BCUT2D eigenvalue weighted by Crippen LogP contribution is 2.65. The summed E-state index contributed by atoms with van der Waals surface area (Å²) in [5.41, 5.74) is 3.21. The molecule has 60 heavy (non-hydrogen) atoms. The van der Waals surface area contributed by atoms with E-state index in [1.807, 2.05) is 36.4 Å². The molecule has 2 aliphatic rings. The van der Waals surface area contributed by atoms with Crippen LogP contribution in [-0.2, 0) is 49.6 Å². The highest BCUT2D eigenvalue weighted by Gasteiger charge is 2.87. The minimum Gasteiger partial charge on any atom is -0.450 e. The lowest BCUT2D eigenvalue weighted by Crippen LogP contribution is -2.49. The molecule has 2 fully saturated rings. The number of esters is 1. The molecule has 3 heterocycles. The molecular formula is C44H66N5O10P. The normalized spacial score (nSPS) is 23.6. The van der Waals surface area contributed by atoms with Crippen LogP contribution >= 0.6 is 7.82 Å². The number of hydrogen-bond donors (Lipinski definition) is 3. The Morgan fingerprint density at radius 1 is 0.950 bits per heavy atom. The lowest BCUT2D eigenvalue weighted by molar-refractivity contribution is -0.169. The van der Waals surface area contributed by atoms with Crippen molar-refractivity contribution in [3.8, 4) is 6.07 Å². The molecule has 2 unspecified atom stereocenters. The number of nitrogens with zero attached hydrogens (tertiary/aromatic N) is 4. The molecule has 16 heteroatoms. The van der Waals surface area contributed by atoms with E-state index < -0.39 is 55.3 Å². The first-order valence-corrected chi connectivity index (χ1v) is 23.5. The molecule has 1 saturated heterocycles. The van der Waals surface area contributed by atoms with E-state index in [0.717, 1.165) is 24.8 Å². The van der Waals surface area contributed by atoms with Gasteiger partial charge in [0, 0.05) is 6.61 Å². The number of nitrogen functional groups attached to an aromatic ring is 1. The van der Waals surface area contributed by atoms with Crippen molar-refractivity contribution in [3.63, 3.8) is 0 Å². The number of benzene rings is 1. The van der Waals surface area contributed by atoms with Crippen molar-refractivity contribution < 1.29 is 47.4 Å². The monoisotopic (exact) mass is 855 g/mol. The van der Waals surface area contributed by atoms with Crippen LogP contribution in [0.25, 0.3) is 5.52 Å². The second kappa shape index (κ2) is 23.1. The van der Waals surface area contributed by atoms with E-state index >= 15 is 0 Å². The maximum absolute atomic E-state index is 13.5. The second-order valence-corrected chi connectivity index (χ2v) is 17.9. The molecule has 1 aliphatic heterocycles. The summed E-state index contributed by atoms with van der Waals surface area (Å²) in [7, 11) is -4.90. The average Bonchev–Trinajstić information content (AvgIpc) is 3.47. The van der Waals surface area contributed by atoms with Crippen LogP contribution in [0.2, 0.25) is 0 Å². The van der Waals surface area contributed by atoms with E-state index in [-0.39, 0.29) is 31.3 Å². The fourth-order valence-electron chi connectivity index (χ4n) is 7.80. The molecule has 1 saturated carbocycles. The number of unbranched alkanes of at least 4 members (excludes halogenated alkanes) is 15. The van der Waals surface area contributed by atoms with Gasteiger partial charge in [-0.2, -0.15) is 10.4 Å². The zero-order valence-corrected chi connectivity index (χ0v) is 36.5. The summed E-state index contributed by atoms with van der Waals surface area (Å²) < 4.78 is 49.7. The number of carbonyl (C=O) groups is 1. The fraction of sp³-hybridized carbons (Fsp3) is 0.682. The highest BCUT2D eigenvalue weighted by molar-refractivity contribution is 7.47. The zero-order valence-electron chi connectivity index (χ0n) is 35.6. The van der Waals surface area contributed by atoms with Crippen molar-refractivity contribution in [2.75, 3.05) is 25.6 Å². The summed E-state index contributed by atoms with van der Waals surface area (Å²) in [6.45, 7) is 5.91. The standard InChI is InChI=1S/C44H66N5O10P/c1-4-5-6-7-8-9-10-11-12-13-14-15-16-17-18-22-27-54-29-35(55-28-34-23-20-19-21-24-34)30-56-60(52,53)59-39-38-44(39,58-41(50)33(2)3)42(51)43(31-45,57-38)37-26-25-36-40(46)47-32-48-49(36)37/h19-21,23-26,32-33,35,38-39,42,51H,4-18,22,27-30H2,1-3H3,(H,52,53)(H2,46,47,48)/t35-,38-,39?,42+,43+,44+/m1/s1. The molecular weight excluding hydrogens is 789 g/mol. The van der Waals surface area contributed by atoms with Gasteiger partial charge < -0.3 is 34.7 Å². The maximum atomic E-state index is 13.5. The van der Waals surface area contributed by atoms with Crippen LogP contribution in [-0.4, -0.2) is 80.4 Å². The van der Waals surface area contributed by atoms with E-state index in [2.05, 4.69) is 17.0 Å². The number of anilines is 1. The molecule has 4 N–H and O–H groups in total. The first-order valence-electron chi connectivity index (χ1n) is 22.0. The predicted octanol–water partition coefficient (Wildman–Crippen LogP) is 8.11. The van der Waals surface area contributed by atoms with Gasteiger partial charge in [0.05, 0.1) is 31.4 Å². The maximum Gasteiger partial charge on any atom is 0.472 e. The first-order chi connectivity index (χ1) is 29.0. The van der Waals surface area contributed by atoms with Gasteiger partial charge in [-0.15, -0.1) is 0 Å². The molecule has 1 aliphatic carbocycles. The van der Waals surface area contributed by atoms with Gasteiger partial charge in [0.25, 0.3) is 0 Å². The molecule has 0 spiro atoms. The Morgan fingerprint density at radius 2 is 1.57 bits per heavy atom. The first kappa shape index (κ1) is 47.6. The van der Waals surface area contributed by atoms with Gasteiger partial charge in [-0.3, -0.25) is 13.8 Å². The minimum atomic E-state index is -4.90.